The van der Waals surface area contributed by atoms with Crippen molar-refractivity contribution in [1.82, 2.24) is 4.90 Å². The summed E-state index contributed by atoms with van der Waals surface area (Å²) >= 11 is 0. The molecule has 0 aliphatic rings. The molecule has 0 aromatic heterocycles. The quantitative estimate of drug-likeness (QED) is 0.0193. The summed E-state index contributed by atoms with van der Waals surface area (Å²) in [6, 6.07) is 0. The number of esters is 2. The van der Waals surface area contributed by atoms with Crippen LogP contribution in [0.15, 0.2) is 24.3 Å². The molecule has 0 N–H and O–H groups in total. The molecule has 0 amide bonds. The Labute approximate surface area is 379 Å². The van der Waals surface area contributed by atoms with E-state index in [0.29, 0.717) is 38.9 Å². The Hall–Kier alpha value is -2.50. The van der Waals surface area contributed by atoms with Crippen molar-refractivity contribution in [3.05, 3.63) is 24.3 Å². The Morgan fingerprint density at radius 3 is 1.56 bits per heavy atom. The van der Waals surface area contributed by atoms with Crippen LogP contribution in [0, 0.1) is 5.92 Å². The number of allylic oxidation sites excluding steroid dienone is 4. The number of rotatable bonds is 47. The summed E-state index contributed by atoms with van der Waals surface area (Å²) in [5, 5.41) is 0. The molecule has 0 heterocycles. The molecule has 11 heteroatoms. The normalized spacial score (nSPS) is 12.7. The summed E-state index contributed by atoms with van der Waals surface area (Å²) in [5.41, 5.74) is 0. The molecule has 0 rings (SSSR count). The average Bonchev–Trinajstić information content (AvgIpc) is 3.28. The highest BCUT2D eigenvalue weighted by molar-refractivity contribution is 5.69. The van der Waals surface area contributed by atoms with Crippen LogP contribution < -0.4 is 0 Å². The van der Waals surface area contributed by atoms with E-state index in [2.05, 4.69) is 56.9 Å². The number of halogens is 1. The maximum atomic E-state index is 13.0. The van der Waals surface area contributed by atoms with E-state index in [1.807, 2.05) is 0 Å². The van der Waals surface area contributed by atoms with Gasteiger partial charge in [-0.05, 0) is 77.3 Å². The SMILES string of the molecule is CCCCC/C=C\C/C=C\CCCCCCCC(=O)OCC(COC(=O)CCC(OCCCCCCCCC)OCCCCCCCCF)COC(=O)OCCCN(CC)CC. The fourth-order valence-electron chi connectivity index (χ4n) is 6.84. The third kappa shape index (κ3) is 42.8. The molecule has 0 radical (unpaired) electrons. The Kier molecular flexibility index (Phi) is 46.0. The van der Waals surface area contributed by atoms with Gasteiger partial charge in [0.05, 0.1) is 25.6 Å². The predicted octanol–water partition coefficient (Wildman–Crippen LogP) is 13.6. The van der Waals surface area contributed by atoms with Crippen LogP contribution in [-0.2, 0) is 38.0 Å². The first-order valence-corrected chi connectivity index (χ1v) is 25.3. The maximum absolute atomic E-state index is 13.0. The molecule has 0 saturated carbocycles. The van der Waals surface area contributed by atoms with Crippen LogP contribution in [0.4, 0.5) is 9.18 Å². The van der Waals surface area contributed by atoms with Crippen LogP contribution in [0.2, 0.25) is 0 Å². The van der Waals surface area contributed by atoms with E-state index in [4.69, 9.17) is 28.4 Å². The highest BCUT2D eigenvalue weighted by Gasteiger charge is 2.20. The average molecular weight is 884 g/mol. The summed E-state index contributed by atoms with van der Waals surface area (Å²) in [4.78, 5) is 40.3. The van der Waals surface area contributed by atoms with E-state index in [0.717, 1.165) is 110 Å². The van der Waals surface area contributed by atoms with E-state index in [1.54, 1.807) is 0 Å². The molecule has 0 aromatic carbocycles. The van der Waals surface area contributed by atoms with Gasteiger partial charge in [0.25, 0.3) is 0 Å². The van der Waals surface area contributed by atoms with Gasteiger partial charge in [-0.25, -0.2) is 4.79 Å². The van der Waals surface area contributed by atoms with Crippen molar-refractivity contribution in [1.29, 1.82) is 0 Å². The van der Waals surface area contributed by atoms with Gasteiger partial charge in [-0.1, -0.05) is 148 Å². The van der Waals surface area contributed by atoms with Crippen molar-refractivity contribution in [2.45, 2.75) is 214 Å². The summed E-state index contributed by atoms with van der Waals surface area (Å²) in [6.07, 6.45) is 35.1. The standard InChI is InChI=1S/C51H94FNO9/c1-5-9-11-13-15-16-17-18-19-20-21-22-23-27-31-36-48(54)60-44-47(46-62-51(56)59-43-35-40-53(7-3)8-4)45-61-49(55)37-38-50(57-41-33-29-25-14-12-10-6-2)58-42-34-30-26-24-28-32-39-52/h15-16,18-19,47,50H,5-14,17,20-46H2,1-4H3/b16-15-,19-18-. The summed E-state index contributed by atoms with van der Waals surface area (Å²) < 4.78 is 46.4. The zero-order valence-corrected chi connectivity index (χ0v) is 40.3. The minimum Gasteiger partial charge on any atom is -0.465 e. The predicted molar refractivity (Wildman–Crippen MR) is 251 cm³/mol. The molecule has 0 bridgehead atoms. The fraction of sp³-hybridized carbons (Fsp3) is 0.863. The van der Waals surface area contributed by atoms with Gasteiger partial charge in [0.1, 0.15) is 19.8 Å². The van der Waals surface area contributed by atoms with Gasteiger partial charge < -0.3 is 33.3 Å². The van der Waals surface area contributed by atoms with Crippen molar-refractivity contribution >= 4 is 18.1 Å². The van der Waals surface area contributed by atoms with E-state index in [1.165, 1.54) is 57.8 Å². The topological polar surface area (TPSA) is 110 Å². The first kappa shape index (κ1) is 59.5. The van der Waals surface area contributed by atoms with E-state index in [9.17, 15) is 18.8 Å². The van der Waals surface area contributed by atoms with Gasteiger partial charge in [0.15, 0.2) is 6.29 Å². The second kappa shape index (κ2) is 48.0. The Bertz CT molecular complexity index is 1030. The number of nitrogens with zero attached hydrogens (tertiary/aromatic N) is 1. The molecular weight excluding hydrogens is 790 g/mol. The van der Waals surface area contributed by atoms with Crippen molar-refractivity contribution < 1.29 is 47.2 Å². The summed E-state index contributed by atoms with van der Waals surface area (Å²) in [7, 11) is 0. The molecule has 10 nitrogen and oxygen atoms in total. The first-order chi connectivity index (χ1) is 30.4. The van der Waals surface area contributed by atoms with Gasteiger partial charge >= 0.3 is 18.1 Å². The smallest absolute Gasteiger partial charge is 0.465 e. The van der Waals surface area contributed by atoms with Crippen molar-refractivity contribution in [2.75, 3.05) is 66.0 Å². The molecule has 2 atom stereocenters. The summed E-state index contributed by atoms with van der Waals surface area (Å²) in [5.74, 6) is -1.28. The number of alkyl halides is 1. The molecule has 0 fully saturated rings. The third-order valence-corrected chi connectivity index (χ3v) is 10.9. The van der Waals surface area contributed by atoms with Crippen LogP contribution in [0.25, 0.3) is 0 Å². The first-order valence-electron chi connectivity index (χ1n) is 25.3. The van der Waals surface area contributed by atoms with Gasteiger partial charge in [0.2, 0.25) is 0 Å². The lowest BCUT2D eigenvalue weighted by Gasteiger charge is -2.20. The van der Waals surface area contributed by atoms with Gasteiger partial charge in [0, 0.05) is 32.6 Å². The molecule has 0 aliphatic heterocycles. The number of hydrogen-bond acceptors (Lipinski definition) is 10. The molecule has 0 aliphatic carbocycles. The fourth-order valence-corrected chi connectivity index (χ4v) is 6.84. The third-order valence-electron chi connectivity index (χ3n) is 10.9. The zero-order chi connectivity index (χ0) is 45.4. The Balaban J connectivity index is 4.88. The molecule has 0 aromatic rings. The monoisotopic (exact) mass is 884 g/mol. The molecule has 0 spiro atoms. The Morgan fingerprint density at radius 2 is 0.984 bits per heavy atom. The largest absolute Gasteiger partial charge is 0.508 e. The minimum absolute atomic E-state index is 0.0390. The van der Waals surface area contributed by atoms with Crippen LogP contribution in [0.1, 0.15) is 207 Å². The molecule has 62 heavy (non-hydrogen) atoms. The number of hydrogen-bond donors (Lipinski definition) is 0. The maximum Gasteiger partial charge on any atom is 0.508 e. The summed E-state index contributed by atoms with van der Waals surface area (Å²) in [6.45, 7) is 12.2. The lowest BCUT2D eigenvalue weighted by atomic mass is 10.1. The van der Waals surface area contributed by atoms with E-state index < -0.39 is 24.3 Å². The second-order valence-corrected chi connectivity index (χ2v) is 16.6. The Morgan fingerprint density at radius 1 is 0.500 bits per heavy atom. The van der Waals surface area contributed by atoms with E-state index >= 15 is 0 Å². The number of unbranched alkanes of at least 4 members (excludes halogenated alkanes) is 19. The lowest BCUT2D eigenvalue weighted by Crippen LogP contribution is -2.28. The van der Waals surface area contributed by atoms with Crippen LogP contribution in [0.3, 0.4) is 0 Å². The zero-order valence-electron chi connectivity index (χ0n) is 40.3. The lowest BCUT2D eigenvalue weighted by molar-refractivity contribution is -0.161. The highest BCUT2D eigenvalue weighted by Crippen LogP contribution is 2.14. The molecule has 2 unspecified atom stereocenters. The second-order valence-electron chi connectivity index (χ2n) is 16.6. The number of ether oxygens (including phenoxy) is 6. The van der Waals surface area contributed by atoms with E-state index in [-0.39, 0.29) is 45.5 Å². The molecular formula is C51H94FNO9. The number of carbonyl (C=O) groups excluding carboxylic acids is 3. The van der Waals surface area contributed by atoms with Crippen molar-refractivity contribution in [3.63, 3.8) is 0 Å². The van der Waals surface area contributed by atoms with Gasteiger partial charge in [-0.15, -0.1) is 0 Å². The van der Waals surface area contributed by atoms with Gasteiger partial charge in [-0.2, -0.15) is 0 Å². The van der Waals surface area contributed by atoms with Gasteiger partial charge in [-0.3, -0.25) is 14.0 Å². The van der Waals surface area contributed by atoms with Crippen LogP contribution >= 0.6 is 0 Å². The van der Waals surface area contributed by atoms with Crippen LogP contribution in [0.5, 0.6) is 0 Å². The number of carbonyl (C=O) groups is 3. The van der Waals surface area contributed by atoms with Crippen molar-refractivity contribution in [2.24, 2.45) is 5.92 Å². The molecule has 0 saturated heterocycles. The van der Waals surface area contributed by atoms with Crippen molar-refractivity contribution in [3.8, 4) is 0 Å². The minimum atomic E-state index is -0.796. The molecule has 364 valence electrons. The van der Waals surface area contributed by atoms with Crippen LogP contribution in [-0.4, -0.2) is 95.2 Å². The highest BCUT2D eigenvalue weighted by atomic mass is 19.1.